The summed E-state index contributed by atoms with van der Waals surface area (Å²) in [7, 11) is 0. The minimum absolute atomic E-state index is 0.0483. The molecule has 0 spiro atoms. The van der Waals surface area contributed by atoms with Gasteiger partial charge in [-0.15, -0.1) is 0 Å². The van der Waals surface area contributed by atoms with Gasteiger partial charge >= 0.3 is 0 Å². The Kier molecular flexibility index (Phi) is 2.88. The third kappa shape index (κ3) is 1.98. The number of pyridine rings is 1. The zero-order valence-electron chi connectivity index (χ0n) is 12.3. The average Bonchev–Trinajstić information content (AvgIpc) is 2.23. The summed E-state index contributed by atoms with van der Waals surface area (Å²) in [6.07, 6.45) is 0. The van der Waals surface area contributed by atoms with E-state index in [9.17, 15) is 0 Å². The van der Waals surface area contributed by atoms with E-state index in [0.717, 1.165) is 28.2 Å². The van der Waals surface area contributed by atoms with E-state index < -0.39 is 0 Å². The van der Waals surface area contributed by atoms with E-state index in [2.05, 4.69) is 49.6 Å². The van der Waals surface area contributed by atoms with Crippen molar-refractivity contribution in [2.24, 2.45) is 0 Å². The fraction of sp³-hybridized carbons (Fsp3) is 0.533. The first-order valence-electron chi connectivity index (χ1n) is 6.34. The quantitative estimate of drug-likeness (QED) is 0.710. The molecule has 3 nitrogen and oxygen atoms in total. The maximum Gasteiger partial charge on any atom is 0.163 e. The van der Waals surface area contributed by atoms with E-state index in [4.69, 9.17) is 0 Å². The largest absolute Gasteiger partial charge is 0.237 e. The van der Waals surface area contributed by atoms with E-state index in [-0.39, 0.29) is 5.41 Å². The van der Waals surface area contributed by atoms with Crippen molar-refractivity contribution in [3.63, 3.8) is 0 Å². The molecule has 18 heavy (non-hydrogen) atoms. The van der Waals surface area contributed by atoms with Crippen LogP contribution < -0.4 is 0 Å². The van der Waals surface area contributed by atoms with Gasteiger partial charge in [-0.2, -0.15) is 0 Å². The van der Waals surface area contributed by atoms with Gasteiger partial charge in [-0.3, -0.25) is 0 Å². The predicted molar refractivity (Wildman–Crippen MR) is 75.0 cm³/mol. The first-order chi connectivity index (χ1) is 8.21. The number of aromatic nitrogens is 3. The van der Waals surface area contributed by atoms with Crippen LogP contribution in [0.5, 0.6) is 0 Å². The second-order valence-corrected chi connectivity index (χ2v) is 6.03. The molecule has 0 saturated heterocycles. The lowest BCUT2D eigenvalue weighted by atomic mass is 9.95. The molecule has 2 heterocycles. The van der Waals surface area contributed by atoms with Crippen LogP contribution in [0.4, 0.5) is 0 Å². The van der Waals surface area contributed by atoms with E-state index in [1.807, 2.05) is 13.8 Å². The second-order valence-electron chi connectivity index (χ2n) is 6.03. The zero-order valence-corrected chi connectivity index (χ0v) is 12.3. The van der Waals surface area contributed by atoms with Gasteiger partial charge in [0.15, 0.2) is 5.65 Å². The summed E-state index contributed by atoms with van der Waals surface area (Å²) in [6.45, 7) is 14.7. The summed E-state index contributed by atoms with van der Waals surface area (Å²) in [5, 5.41) is 1.10. The predicted octanol–water partition coefficient (Wildman–Crippen LogP) is 3.56. The zero-order chi connectivity index (χ0) is 13.7. The number of hydrogen-bond acceptors (Lipinski definition) is 3. The third-order valence-electron chi connectivity index (χ3n) is 3.50. The normalized spacial score (nSPS) is 12.2. The smallest absolute Gasteiger partial charge is 0.163 e. The molecule has 2 aromatic rings. The highest BCUT2D eigenvalue weighted by molar-refractivity contribution is 5.82. The third-order valence-corrected chi connectivity index (χ3v) is 3.50. The van der Waals surface area contributed by atoms with E-state index in [1.54, 1.807) is 0 Å². The molecular formula is C15H21N3. The van der Waals surface area contributed by atoms with Crippen LogP contribution in [-0.4, -0.2) is 15.0 Å². The Balaban J connectivity index is 2.87. The summed E-state index contributed by atoms with van der Waals surface area (Å²) in [5.41, 5.74) is 5.34. The van der Waals surface area contributed by atoms with E-state index >= 15 is 0 Å². The Labute approximate surface area is 109 Å². The van der Waals surface area contributed by atoms with Crippen LogP contribution in [-0.2, 0) is 5.41 Å². The van der Waals surface area contributed by atoms with Gasteiger partial charge in [0.25, 0.3) is 0 Å². The number of hydrogen-bond donors (Lipinski definition) is 0. The highest BCUT2D eigenvalue weighted by Gasteiger charge is 2.20. The minimum Gasteiger partial charge on any atom is -0.237 e. The topological polar surface area (TPSA) is 38.7 Å². The molecule has 96 valence electrons. The van der Waals surface area contributed by atoms with Gasteiger partial charge in [-0.25, -0.2) is 15.0 Å². The molecule has 0 saturated carbocycles. The SMILES string of the molecule is Cc1nc2nc(C(C)(C)C)nc(C)c2c(C)c1C. The van der Waals surface area contributed by atoms with E-state index in [0.29, 0.717) is 0 Å². The van der Waals surface area contributed by atoms with Crippen molar-refractivity contribution in [3.05, 3.63) is 28.3 Å². The Morgan fingerprint density at radius 2 is 1.33 bits per heavy atom. The van der Waals surface area contributed by atoms with Gasteiger partial charge in [0.05, 0.1) is 5.69 Å². The van der Waals surface area contributed by atoms with Crippen LogP contribution in [0.2, 0.25) is 0 Å². The Morgan fingerprint density at radius 1 is 0.722 bits per heavy atom. The van der Waals surface area contributed by atoms with Gasteiger partial charge < -0.3 is 0 Å². The summed E-state index contributed by atoms with van der Waals surface area (Å²) in [5.74, 6) is 0.864. The van der Waals surface area contributed by atoms with Gasteiger partial charge in [-0.05, 0) is 38.8 Å². The van der Waals surface area contributed by atoms with Gasteiger partial charge in [0.1, 0.15) is 5.82 Å². The summed E-state index contributed by atoms with van der Waals surface area (Å²) < 4.78 is 0. The van der Waals surface area contributed by atoms with Gasteiger partial charge in [-0.1, -0.05) is 20.8 Å². The first-order valence-corrected chi connectivity index (χ1v) is 6.34. The van der Waals surface area contributed by atoms with Crippen LogP contribution in [0.25, 0.3) is 11.0 Å². The fourth-order valence-corrected chi connectivity index (χ4v) is 2.11. The molecule has 0 N–H and O–H groups in total. The molecule has 0 atom stereocenters. The van der Waals surface area contributed by atoms with Crippen LogP contribution in [0.3, 0.4) is 0 Å². The van der Waals surface area contributed by atoms with Crippen LogP contribution in [0, 0.1) is 27.7 Å². The fourth-order valence-electron chi connectivity index (χ4n) is 2.11. The van der Waals surface area contributed by atoms with Gasteiger partial charge in [0.2, 0.25) is 0 Å². The van der Waals surface area contributed by atoms with Crippen LogP contribution in [0.1, 0.15) is 49.1 Å². The van der Waals surface area contributed by atoms with Crippen molar-refractivity contribution in [1.29, 1.82) is 0 Å². The Hall–Kier alpha value is -1.51. The molecule has 2 rings (SSSR count). The molecule has 0 aliphatic rings. The highest BCUT2D eigenvalue weighted by atomic mass is 15.0. The Morgan fingerprint density at radius 3 is 1.89 bits per heavy atom. The molecule has 0 fully saturated rings. The van der Waals surface area contributed by atoms with Crippen molar-refractivity contribution < 1.29 is 0 Å². The summed E-state index contributed by atoms with van der Waals surface area (Å²) in [6, 6.07) is 0. The molecule has 0 bridgehead atoms. The minimum atomic E-state index is -0.0483. The van der Waals surface area contributed by atoms with E-state index in [1.165, 1.54) is 11.1 Å². The molecule has 0 aliphatic heterocycles. The molecule has 0 aromatic carbocycles. The van der Waals surface area contributed by atoms with Crippen molar-refractivity contribution in [1.82, 2.24) is 15.0 Å². The average molecular weight is 243 g/mol. The van der Waals surface area contributed by atoms with Crippen molar-refractivity contribution >= 4 is 11.0 Å². The molecule has 0 aliphatic carbocycles. The number of rotatable bonds is 0. The van der Waals surface area contributed by atoms with Crippen molar-refractivity contribution in [2.75, 3.05) is 0 Å². The molecule has 0 amide bonds. The van der Waals surface area contributed by atoms with Crippen LogP contribution in [0.15, 0.2) is 0 Å². The van der Waals surface area contributed by atoms with Crippen molar-refractivity contribution in [2.45, 2.75) is 53.9 Å². The lowest BCUT2D eigenvalue weighted by Gasteiger charge is -2.18. The number of fused-ring (bicyclic) bond motifs is 1. The lowest BCUT2D eigenvalue weighted by Crippen LogP contribution is -2.17. The standard InChI is InChI=1S/C15H21N3/c1-8-9(2)12-11(4)17-14(15(5,6)7)18-13(12)16-10(8)3/h1-7H3. The maximum absolute atomic E-state index is 4.65. The van der Waals surface area contributed by atoms with Crippen molar-refractivity contribution in [3.8, 4) is 0 Å². The maximum atomic E-state index is 4.65. The molecule has 2 aromatic heterocycles. The highest BCUT2D eigenvalue weighted by Crippen LogP contribution is 2.26. The first kappa shape index (κ1) is 12.9. The van der Waals surface area contributed by atoms with Crippen LogP contribution >= 0.6 is 0 Å². The Bertz CT molecular complexity index is 622. The lowest BCUT2D eigenvalue weighted by molar-refractivity contribution is 0.545. The molecular weight excluding hydrogens is 222 g/mol. The second kappa shape index (κ2) is 4.01. The number of nitrogens with zero attached hydrogens (tertiary/aromatic N) is 3. The summed E-state index contributed by atoms with van der Waals surface area (Å²) >= 11 is 0. The number of aryl methyl sites for hydroxylation is 3. The molecule has 0 radical (unpaired) electrons. The monoisotopic (exact) mass is 243 g/mol. The molecule has 0 unspecified atom stereocenters. The van der Waals surface area contributed by atoms with Gasteiger partial charge in [0, 0.05) is 16.5 Å². The molecule has 3 heteroatoms. The summed E-state index contributed by atoms with van der Waals surface area (Å²) in [4.78, 5) is 13.9.